The van der Waals surface area contributed by atoms with Crippen molar-refractivity contribution in [1.29, 1.82) is 0 Å². The van der Waals surface area contributed by atoms with Gasteiger partial charge in [0.25, 0.3) is 0 Å². The maximum absolute atomic E-state index is 9.12. The first-order valence-electron chi connectivity index (χ1n) is 3.47. The van der Waals surface area contributed by atoms with Gasteiger partial charge < -0.3 is 20.4 Å². The Morgan fingerprint density at radius 3 is 2.27 bits per heavy atom. The summed E-state index contributed by atoms with van der Waals surface area (Å²) in [6.45, 7) is 0. The molecule has 0 aromatic carbocycles. The average Bonchev–Trinajstić information content (AvgIpc) is 2.07. The highest BCUT2D eigenvalue weighted by atomic mass is 32.2. The minimum absolute atomic E-state index is 0.403. The molecular formula is C6H12O4S. The molecule has 1 saturated heterocycles. The Kier molecular flexibility index (Phi) is 3.15. The van der Waals surface area contributed by atoms with E-state index >= 15 is 0 Å². The first-order chi connectivity index (χ1) is 5.13. The number of thioether (sulfide) groups is 1. The van der Waals surface area contributed by atoms with Crippen LogP contribution in [0.3, 0.4) is 0 Å². The van der Waals surface area contributed by atoms with Crippen molar-refractivity contribution in [2.75, 3.05) is 5.75 Å². The Bertz CT molecular complexity index is 118. The fourth-order valence-corrected chi connectivity index (χ4v) is 1.95. The zero-order chi connectivity index (χ0) is 8.43. The molecule has 1 fully saturated rings. The second kappa shape index (κ2) is 3.73. The second-order valence-corrected chi connectivity index (χ2v) is 3.82. The number of aliphatic hydroxyl groups excluding tert-OH is 4. The predicted octanol–water partition coefficient (Wildman–Crippen LogP) is -1.48. The summed E-state index contributed by atoms with van der Waals surface area (Å²) in [5.74, 6) is 0.552. The maximum atomic E-state index is 9.12. The molecule has 0 aromatic rings. The van der Waals surface area contributed by atoms with Gasteiger partial charge in [-0.3, -0.25) is 0 Å². The van der Waals surface area contributed by atoms with Gasteiger partial charge in [-0.25, -0.2) is 0 Å². The summed E-state index contributed by atoms with van der Waals surface area (Å²) in [6.07, 6.45) is -2.98. The average molecular weight is 180 g/mol. The Morgan fingerprint density at radius 2 is 1.64 bits per heavy atom. The molecule has 0 aliphatic carbocycles. The molecule has 4 N–H and O–H groups in total. The molecule has 0 amide bonds. The van der Waals surface area contributed by atoms with Gasteiger partial charge in [0.05, 0.1) is 6.10 Å². The van der Waals surface area contributed by atoms with E-state index in [4.69, 9.17) is 20.4 Å². The molecule has 0 aromatic heterocycles. The van der Waals surface area contributed by atoms with E-state index in [2.05, 4.69) is 0 Å². The number of rotatable bonds is 0. The quantitative estimate of drug-likeness (QED) is 0.366. The van der Waals surface area contributed by atoms with Gasteiger partial charge in [-0.2, -0.15) is 0 Å². The summed E-state index contributed by atoms with van der Waals surface area (Å²) in [4.78, 5) is 0. The van der Waals surface area contributed by atoms with E-state index < -0.39 is 23.7 Å². The van der Waals surface area contributed by atoms with Crippen molar-refractivity contribution in [3.63, 3.8) is 0 Å². The summed E-state index contributed by atoms with van der Waals surface area (Å²) in [5.41, 5.74) is -0.984. The highest BCUT2D eigenvalue weighted by Crippen LogP contribution is 2.23. The van der Waals surface area contributed by atoms with Crippen molar-refractivity contribution in [2.24, 2.45) is 0 Å². The van der Waals surface area contributed by atoms with Gasteiger partial charge in [-0.15, -0.1) is 11.8 Å². The van der Waals surface area contributed by atoms with Crippen LogP contribution in [0.1, 0.15) is 6.42 Å². The van der Waals surface area contributed by atoms with Crippen LogP contribution in [-0.2, 0) is 0 Å². The van der Waals surface area contributed by atoms with E-state index in [0.29, 0.717) is 12.2 Å². The molecule has 0 bridgehead atoms. The van der Waals surface area contributed by atoms with Crippen molar-refractivity contribution in [2.45, 2.75) is 30.2 Å². The number of aliphatic hydroxyl groups is 4. The highest BCUT2D eigenvalue weighted by Gasteiger charge is 2.33. The molecule has 0 radical (unpaired) electrons. The lowest BCUT2D eigenvalue weighted by atomic mass is 10.1. The summed E-state index contributed by atoms with van der Waals surface area (Å²) in [7, 11) is 0. The van der Waals surface area contributed by atoms with Gasteiger partial charge in [0, 0.05) is 0 Å². The molecule has 5 heteroatoms. The van der Waals surface area contributed by atoms with Crippen molar-refractivity contribution < 1.29 is 20.4 Å². The lowest BCUT2D eigenvalue weighted by molar-refractivity contribution is -0.0810. The molecule has 4 atom stereocenters. The molecule has 1 aliphatic rings. The minimum Gasteiger partial charge on any atom is -0.390 e. The van der Waals surface area contributed by atoms with E-state index in [1.807, 2.05) is 0 Å². The lowest BCUT2D eigenvalue weighted by Gasteiger charge is -2.21. The van der Waals surface area contributed by atoms with Crippen molar-refractivity contribution in [3.8, 4) is 0 Å². The smallest absolute Gasteiger partial charge is 0.128 e. The van der Waals surface area contributed by atoms with E-state index in [9.17, 15) is 0 Å². The number of hydrogen-bond donors (Lipinski definition) is 4. The van der Waals surface area contributed by atoms with Crippen molar-refractivity contribution in [3.05, 3.63) is 0 Å². The van der Waals surface area contributed by atoms with Crippen molar-refractivity contribution >= 4 is 11.8 Å². The Labute approximate surface area is 68.9 Å². The SMILES string of the molecule is OC1CCSC(O)C(O)C1O. The largest absolute Gasteiger partial charge is 0.390 e. The second-order valence-electron chi connectivity index (χ2n) is 2.60. The standard InChI is InChI=1S/C6H12O4S/c7-3-1-2-11-6(10)5(9)4(3)8/h3-10H,1-2H2. The Hall–Kier alpha value is 0.190. The van der Waals surface area contributed by atoms with Crippen LogP contribution >= 0.6 is 11.8 Å². The predicted molar refractivity (Wildman–Crippen MR) is 41.1 cm³/mol. The topological polar surface area (TPSA) is 80.9 Å². The highest BCUT2D eigenvalue weighted by molar-refractivity contribution is 7.99. The van der Waals surface area contributed by atoms with E-state index in [0.717, 1.165) is 11.8 Å². The molecule has 11 heavy (non-hydrogen) atoms. The Balaban J connectivity index is 2.58. The molecule has 4 nitrogen and oxygen atoms in total. The number of hydrogen-bond acceptors (Lipinski definition) is 5. The van der Waals surface area contributed by atoms with E-state index in [-0.39, 0.29) is 0 Å². The summed E-state index contributed by atoms with van der Waals surface area (Å²) in [6, 6.07) is 0. The van der Waals surface area contributed by atoms with Crippen LogP contribution in [0.25, 0.3) is 0 Å². The molecular weight excluding hydrogens is 168 g/mol. The van der Waals surface area contributed by atoms with E-state index in [1.54, 1.807) is 0 Å². The van der Waals surface area contributed by atoms with Gasteiger partial charge in [0.2, 0.25) is 0 Å². The third kappa shape index (κ3) is 2.07. The third-order valence-electron chi connectivity index (χ3n) is 1.74. The van der Waals surface area contributed by atoms with Gasteiger partial charge in [-0.05, 0) is 12.2 Å². The van der Waals surface area contributed by atoms with Crippen LogP contribution in [0.15, 0.2) is 0 Å². The molecule has 0 spiro atoms. The van der Waals surface area contributed by atoms with Crippen LogP contribution in [0.5, 0.6) is 0 Å². The molecule has 0 saturated carbocycles. The lowest BCUT2D eigenvalue weighted by Crippen LogP contribution is -2.41. The summed E-state index contributed by atoms with van der Waals surface area (Å²) >= 11 is 1.14. The Morgan fingerprint density at radius 1 is 1.00 bits per heavy atom. The summed E-state index contributed by atoms with van der Waals surface area (Å²) < 4.78 is 0. The monoisotopic (exact) mass is 180 g/mol. The van der Waals surface area contributed by atoms with E-state index in [1.165, 1.54) is 0 Å². The van der Waals surface area contributed by atoms with Crippen LogP contribution in [0.2, 0.25) is 0 Å². The van der Waals surface area contributed by atoms with Gasteiger partial charge in [0.15, 0.2) is 0 Å². The zero-order valence-corrected chi connectivity index (χ0v) is 6.74. The fourth-order valence-electron chi connectivity index (χ4n) is 0.975. The minimum atomic E-state index is -1.24. The normalized spacial score (nSPS) is 46.9. The van der Waals surface area contributed by atoms with Gasteiger partial charge in [0.1, 0.15) is 17.6 Å². The van der Waals surface area contributed by atoms with Crippen LogP contribution in [0.4, 0.5) is 0 Å². The first-order valence-corrected chi connectivity index (χ1v) is 4.51. The molecule has 1 rings (SSSR count). The molecule has 1 heterocycles. The van der Waals surface area contributed by atoms with Crippen LogP contribution in [-0.4, -0.2) is 49.9 Å². The zero-order valence-electron chi connectivity index (χ0n) is 5.92. The fraction of sp³-hybridized carbons (Fsp3) is 1.00. The molecule has 4 unspecified atom stereocenters. The van der Waals surface area contributed by atoms with Gasteiger partial charge >= 0.3 is 0 Å². The maximum Gasteiger partial charge on any atom is 0.128 e. The van der Waals surface area contributed by atoms with Crippen molar-refractivity contribution in [1.82, 2.24) is 0 Å². The van der Waals surface area contributed by atoms with Crippen LogP contribution in [0, 0.1) is 0 Å². The third-order valence-corrected chi connectivity index (χ3v) is 2.83. The first kappa shape index (κ1) is 9.28. The van der Waals surface area contributed by atoms with Gasteiger partial charge in [-0.1, -0.05) is 0 Å². The summed E-state index contributed by atoms with van der Waals surface area (Å²) in [5, 5.41) is 36.4. The molecule has 66 valence electrons. The van der Waals surface area contributed by atoms with Crippen LogP contribution < -0.4 is 0 Å². The molecule has 1 aliphatic heterocycles.